The molecule has 0 atom stereocenters. The van der Waals surface area contributed by atoms with E-state index in [0.717, 1.165) is 107 Å². The summed E-state index contributed by atoms with van der Waals surface area (Å²) in [6.07, 6.45) is 5.63. The van der Waals surface area contributed by atoms with Crippen molar-refractivity contribution in [2.24, 2.45) is 0 Å². The van der Waals surface area contributed by atoms with Crippen LogP contribution in [0.5, 0.6) is 0 Å². The lowest BCUT2D eigenvalue weighted by Gasteiger charge is -2.24. The van der Waals surface area contributed by atoms with Gasteiger partial charge in [-0.1, -0.05) is 303 Å². The summed E-state index contributed by atoms with van der Waals surface area (Å²) < 4.78 is 18.7. The molecule has 0 saturated carbocycles. The lowest BCUT2D eigenvalue weighted by atomic mass is 9.80. The molecule has 3 aliphatic rings. The fourth-order valence-electron chi connectivity index (χ4n) is 22.7. The van der Waals surface area contributed by atoms with Crippen LogP contribution in [0.15, 0.2) is 461 Å². The second kappa shape index (κ2) is 29.5. The summed E-state index contributed by atoms with van der Waals surface area (Å²) in [4.78, 5) is 20.1. The van der Waals surface area contributed by atoms with Crippen molar-refractivity contribution in [2.75, 3.05) is 0 Å². The van der Waals surface area contributed by atoms with E-state index in [1.807, 2.05) is 30.7 Å². The third kappa shape index (κ3) is 11.1. The number of nitrogens with zero attached hydrogens (tertiary/aromatic N) is 12. The van der Waals surface area contributed by atoms with Gasteiger partial charge < -0.3 is 0 Å². The molecule has 0 radical (unpaired) electrons. The summed E-state index contributed by atoms with van der Waals surface area (Å²) >= 11 is 0. The van der Waals surface area contributed by atoms with Crippen LogP contribution in [0.25, 0.3) is 267 Å². The topological polar surface area (TPSA) is 88.9 Å². The lowest BCUT2D eigenvalue weighted by Crippen LogP contribution is -2.05. The molecule has 136 heavy (non-hydrogen) atoms. The molecule has 0 amide bonds. The molecule has 3 aliphatic carbocycles. The summed E-state index contributed by atoms with van der Waals surface area (Å²) in [5.41, 5.74) is 49.8. The summed E-state index contributed by atoms with van der Waals surface area (Å²) in [7, 11) is 0. The molecule has 0 unspecified atom stereocenters. The standard InChI is InChI=1S/C52H32N4.2C36H22N4/c1-7-19-45-33(13-1)29-51-53(47-21-9-11-23-49(47)55(45)51)35-25-27-41-38-16-4-6-18-40(38)44-32-36(26-28-42(44)37-15-3-5-17-39(37)43(41)31-35)54-48-22-10-12-24-50(48)56-46-20-8-2-14-34(46)30-52(54)56;1-8-18-30-23(11-1)21-34-39(30)31-19-9-10-20-32(31)40(34)33-22-37-35-28-16-6-4-14-26(28)24-12-2-3-13-25(24)27-15-5-7-17-29(27)36(35)38-33;1-2-11-26-25(10-1)27-12-3-4-14-29(27)31-18-17-24(22-32(31)30-15-6-5-13-28(26)30)39-33-16-8-20-38-36(33)40-34(39)21-23-9-7-19-37-35(23)40/h1-32H;2*1-22H. The zero-order chi connectivity index (χ0) is 88.9. The first-order valence-corrected chi connectivity index (χ1v) is 46.3. The average molecular weight is 1730 g/mol. The van der Waals surface area contributed by atoms with E-state index in [-0.39, 0.29) is 0 Å². The molecule has 12 heteroatoms. The van der Waals surface area contributed by atoms with Gasteiger partial charge in [-0.3, -0.25) is 40.9 Å². The molecule has 28 aromatic rings. The maximum absolute atomic E-state index is 5.43. The number of hydrogen-bond donors (Lipinski definition) is 0. The number of benzene rings is 17. The predicted octanol–water partition coefficient (Wildman–Crippen LogP) is 31.0. The van der Waals surface area contributed by atoms with Crippen LogP contribution < -0.4 is 0 Å². The van der Waals surface area contributed by atoms with Crippen molar-refractivity contribution in [2.45, 2.75) is 0 Å². The van der Waals surface area contributed by atoms with Crippen LogP contribution in [-0.2, 0) is 0 Å². The van der Waals surface area contributed by atoms with Crippen molar-refractivity contribution in [3.05, 3.63) is 461 Å². The third-order valence-corrected chi connectivity index (χ3v) is 28.4. The molecule has 0 aliphatic heterocycles. The Kier molecular flexibility index (Phi) is 16.3. The van der Waals surface area contributed by atoms with Crippen molar-refractivity contribution in [3.63, 3.8) is 0 Å². The van der Waals surface area contributed by atoms with Crippen molar-refractivity contribution in [1.82, 2.24) is 55.8 Å². The highest BCUT2D eigenvalue weighted by molar-refractivity contribution is 6.09. The van der Waals surface area contributed by atoms with Gasteiger partial charge in [0.1, 0.15) is 28.2 Å². The lowest BCUT2D eigenvalue weighted by molar-refractivity contribution is 1.04. The van der Waals surface area contributed by atoms with Crippen molar-refractivity contribution in [1.29, 1.82) is 0 Å². The highest BCUT2D eigenvalue weighted by Gasteiger charge is 2.31. The highest BCUT2D eigenvalue weighted by atomic mass is 15.2. The van der Waals surface area contributed by atoms with Gasteiger partial charge in [0, 0.05) is 62.1 Å². The second-order valence-corrected chi connectivity index (χ2v) is 35.6. The zero-order valence-corrected chi connectivity index (χ0v) is 73.2. The van der Waals surface area contributed by atoms with E-state index in [1.54, 1.807) is 0 Å². The van der Waals surface area contributed by atoms with Gasteiger partial charge in [0.25, 0.3) is 0 Å². The van der Waals surface area contributed by atoms with Gasteiger partial charge in [-0.2, -0.15) is 0 Å². The van der Waals surface area contributed by atoms with Crippen molar-refractivity contribution < 1.29 is 0 Å². The predicted molar refractivity (Wildman–Crippen MR) is 558 cm³/mol. The molecule has 31 rings (SSSR count). The van der Waals surface area contributed by atoms with Crippen molar-refractivity contribution >= 4 is 111 Å². The molecule has 11 heterocycles. The fraction of sp³-hybridized carbons (Fsp3) is 0. The maximum atomic E-state index is 5.43. The normalized spacial score (nSPS) is 12.1. The number of hydrogen-bond acceptors (Lipinski definition) is 4. The van der Waals surface area contributed by atoms with E-state index in [4.69, 9.17) is 19.9 Å². The molecule has 0 spiro atoms. The first-order chi connectivity index (χ1) is 67.5. The number of rotatable bonds is 4. The SMILES string of the molecule is c1ccc2c(c1)-c1ccc(-n3c4ccccc4n4c5ccccc5cc34)cc1-c1ccccc1-c1ccc(-n3c4ccccc4n4c5ccccc5cc34)cc1-2.c1ccc2c(c1)-c1ccccc1-c1ccc(-n3c4cccnc4n4c5ncccc5cc34)cc1-c1ccccc1-2.c1ccc2c(c1)-c1ccccc1-c1ncc(-n3c4ccccc4n4c5ccccc5cc34)nc1-c1ccccc1-2. The molecule has 0 saturated heterocycles. The summed E-state index contributed by atoms with van der Waals surface area (Å²) in [5.74, 6) is 0.800. The van der Waals surface area contributed by atoms with E-state index < -0.39 is 0 Å². The molecule has 632 valence electrons. The van der Waals surface area contributed by atoms with Gasteiger partial charge in [-0.15, -0.1) is 0 Å². The third-order valence-electron chi connectivity index (χ3n) is 28.4. The number of pyridine rings is 2. The highest BCUT2D eigenvalue weighted by Crippen LogP contribution is 2.54. The largest absolute Gasteiger partial charge is 0.294 e. The molecular formula is C124H76N12. The number of fused-ring (bicyclic) bond motifs is 44. The molecular weight excluding hydrogens is 1660 g/mol. The molecule has 17 aromatic carbocycles. The van der Waals surface area contributed by atoms with E-state index in [0.29, 0.717) is 0 Å². The van der Waals surface area contributed by atoms with Gasteiger partial charge in [-0.25, -0.2) is 15.0 Å². The Labute approximate surface area is 779 Å². The summed E-state index contributed by atoms with van der Waals surface area (Å²) in [5, 5.41) is 4.78. The molecule has 12 nitrogen and oxygen atoms in total. The minimum absolute atomic E-state index is 0.800. The fourth-order valence-corrected chi connectivity index (χ4v) is 22.7. The Morgan fingerprint density at radius 3 is 0.787 bits per heavy atom. The Bertz CT molecular complexity index is 9360. The van der Waals surface area contributed by atoms with Crippen LogP contribution in [0, 0.1) is 0 Å². The van der Waals surface area contributed by atoms with Crippen LogP contribution in [-0.4, -0.2) is 55.8 Å². The van der Waals surface area contributed by atoms with Crippen LogP contribution in [0.4, 0.5) is 0 Å². The molecule has 11 aromatic heterocycles. The summed E-state index contributed by atoms with van der Waals surface area (Å²) in [6.45, 7) is 0. The van der Waals surface area contributed by atoms with E-state index in [9.17, 15) is 0 Å². The van der Waals surface area contributed by atoms with Gasteiger partial charge >= 0.3 is 0 Å². The monoisotopic (exact) mass is 1730 g/mol. The van der Waals surface area contributed by atoms with Gasteiger partial charge in [0.15, 0.2) is 11.5 Å². The van der Waals surface area contributed by atoms with Gasteiger partial charge in [-0.05, 0) is 251 Å². The van der Waals surface area contributed by atoms with Crippen LogP contribution in [0.3, 0.4) is 0 Å². The Morgan fingerprint density at radius 1 is 0.154 bits per heavy atom. The van der Waals surface area contributed by atoms with Crippen LogP contribution in [0.1, 0.15) is 0 Å². The molecule has 0 bridgehead atoms. The van der Waals surface area contributed by atoms with Gasteiger partial charge in [0.2, 0.25) is 0 Å². The molecule has 0 fully saturated rings. The van der Waals surface area contributed by atoms with E-state index in [1.165, 1.54) is 160 Å². The first kappa shape index (κ1) is 75.3. The number of aromatic nitrogens is 12. The smallest absolute Gasteiger partial charge is 0.164 e. The van der Waals surface area contributed by atoms with Gasteiger partial charge in [0.05, 0.1) is 72.8 Å². The first-order valence-electron chi connectivity index (χ1n) is 46.3. The van der Waals surface area contributed by atoms with E-state index in [2.05, 4.69) is 467 Å². The number of imidazole rings is 4. The molecule has 0 N–H and O–H groups in total. The maximum Gasteiger partial charge on any atom is 0.164 e. The Hall–Kier alpha value is -18.5. The Morgan fingerprint density at radius 2 is 0.404 bits per heavy atom. The average Bonchev–Trinajstić information content (AvgIpc) is 1.53. The zero-order valence-electron chi connectivity index (χ0n) is 73.2. The number of para-hydroxylation sites is 9. The van der Waals surface area contributed by atoms with E-state index >= 15 is 0 Å². The second-order valence-electron chi connectivity index (χ2n) is 35.6. The Balaban J connectivity index is 0.000000101. The summed E-state index contributed by atoms with van der Waals surface area (Å²) in [6, 6.07) is 160. The minimum atomic E-state index is 0.800. The quantitative estimate of drug-likeness (QED) is 0.176. The van der Waals surface area contributed by atoms with Crippen molar-refractivity contribution in [3.8, 4) is 157 Å². The minimum Gasteiger partial charge on any atom is -0.294 e. The van der Waals surface area contributed by atoms with Crippen LogP contribution in [0.2, 0.25) is 0 Å². The van der Waals surface area contributed by atoms with Crippen LogP contribution >= 0.6 is 0 Å².